The predicted molar refractivity (Wildman–Crippen MR) is 67.6 cm³/mol. The summed E-state index contributed by atoms with van der Waals surface area (Å²) in [6.07, 6.45) is 10.7. The highest BCUT2D eigenvalue weighted by molar-refractivity contribution is 5.88. The molecule has 4 aliphatic rings. The summed E-state index contributed by atoms with van der Waals surface area (Å²) in [4.78, 5) is 22.4. The molecular weight excluding hydrogens is 264 g/mol. The summed E-state index contributed by atoms with van der Waals surface area (Å²) < 4.78 is 5.69. The fourth-order valence-corrected chi connectivity index (χ4v) is 3.94. The van der Waals surface area contributed by atoms with E-state index in [0.29, 0.717) is 12.1 Å². The second kappa shape index (κ2) is 4.59. The lowest BCUT2D eigenvalue weighted by atomic mass is 9.80. The molecule has 0 radical (unpaired) electrons. The smallest absolute Gasteiger partial charge is 0.332 e. The van der Waals surface area contributed by atoms with Crippen molar-refractivity contribution in [3.63, 3.8) is 0 Å². The van der Waals surface area contributed by atoms with Gasteiger partial charge in [0.15, 0.2) is 5.60 Å². The van der Waals surface area contributed by atoms with Crippen molar-refractivity contribution in [2.24, 2.45) is 0 Å². The minimum atomic E-state index is -1.50. The highest BCUT2D eigenvalue weighted by Crippen LogP contribution is 2.51. The van der Waals surface area contributed by atoms with Crippen LogP contribution < -0.4 is 0 Å². The summed E-state index contributed by atoms with van der Waals surface area (Å²) in [5, 5.41) is 13.6. The molecule has 0 saturated carbocycles. The predicted octanol–water partition coefficient (Wildman–Crippen LogP) is 1.06. The molecule has 20 heavy (non-hydrogen) atoms. The average molecular weight is 280 g/mol. The number of carbonyl (C=O) groups excluding carboxylic acids is 1. The lowest BCUT2D eigenvalue weighted by Gasteiger charge is -2.37. The topological polar surface area (TPSA) is 92.9 Å². The van der Waals surface area contributed by atoms with Gasteiger partial charge < -0.3 is 9.94 Å². The van der Waals surface area contributed by atoms with E-state index >= 15 is 0 Å². The fourth-order valence-electron chi connectivity index (χ4n) is 3.94. The largest absolute Gasteiger partial charge is 0.449 e. The van der Waals surface area contributed by atoms with Gasteiger partial charge in [0.1, 0.15) is 0 Å². The van der Waals surface area contributed by atoms with Crippen molar-refractivity contribution in [1.29, 1.82) is 0 Å². The summed E-state index contributed by atoms with van der Waals surface area (Å²) in [7, 11) is 0. The first-order valence-corrected chi connectivity index (χ1v) is 6.75. The molecule has 2 fully saturated rings. The van der Waals surface area contributed by atoms with E-state index in [1.807, 2.05) is 0 Å². The quantitative estimate of drug-likeness (QED) is 0.405. The number of hydrogen-bond donors (Lipinski definition) is 1. The van der Waals surface area contributed by atoms with E-state index in [1.165, 1.54) is 19.3 Å². The van der Waals surface area contributed by atoms with E-state index in [4.69, 9.17) is 20.1 Å². The zero-order valence-electron chi connectivity index (χ0n) is 10.9. The van der Waals surface area contributed by atoms with Crippen molar-refractivity contribution in [3.8, 4) is 0 Å². The van der Waals surface area contributed by atoms with Crippen LogP contribution in [0.5, 0.6) is 0 Å². The van der Waals surface area contributed by atoms with Gasteiger partial charge in [-0.2, -0.15) is 0 Å². The van der Waals surface area contributed by atoms with Crippen molar-refractivity contribution >= 4 is 5.97 Å². The van der Waals surface area contributed by atoms with Gasteiger partial charge in [0.2, 0.25) is 0 Å². The fraction of sp³-hybridized carbons (Fsp3) is 0.615. The lowest BCUT2D eigenvalue weighted by Crippen LogP contribution is -2.48. The van der Waals surface area contributed by atoms with Crippen LogP contribution in [0.25, 0.3) is 0 Å². The van der Waals surface area contributed by atoms with Crippen LogP contribution in [0.15, 0.2) is 23.8 Å². The van der Waals surface area contributed by atoms with E-state index in [0.717, 1.165) is 18.5 Å². The number of ether oxygens (including phenoxy) is 1. The highest BCUT2D eigenvalue weighted by atomic mass is 16.9. The van der Waals surface area contributed by atoms with Gasteiger partial charge in [0.05, 0.1) is 6.04 Å². The summed E-state index contributed by atoms with van der Waals surface area (Å²) in [6, 6.07) is 0.923. The molecule has 7 nitrogen and oxygen atoms in total. The normalized spacial score (nSPS) is 37.2. The van der Waals surface area contributed by atoms with Crippen LogP contribution in [0.3, 0.4) is 0 Å². The second-order valence-corrected chi connectivity index (χ2v) is 5.53. The molecule has 3 unspecified atom stereocenters. The third kappa shape index (κ3) is 1.89. The summed E-state index contributed by atoms with van der Waals surface area (Å²) >= 11 is 0. The first-order valence-electron chi connectivity index (χ1n) is 6.75. The standard InChI is InChI=1S/C13H15NO2.HNO3/c15-12-7-9-4-5-10-8-13(9,16-12)11-3-1-2-6-14(10)11;2-1(3)4/h4-5,7,10-11H,1-3,6,8H2;(H,2,3,4). The number of nitrogens with zero attached hydrogens (tertiary/aromatic N) is 2. The van der Waals surface area contributed by atoms with Gasteiger partial charge in [-0.25, -0.2) is 4.79 Å². The molecule has 2 saturated heterocycles. The number of carbonyl (C=O) groups is 1. The minimum Gasteiger partial charge on any atom is -0.449 e. The highest BCUT2D eigenvalue weighted by Gasteiger charge is 2.59. The molecule has 1 N–H and O–H groups in total. The third-order valence-corrected chi connectivity index (χ3v) is 4.56. The average Bonchev–Trinajstić information content (AvgIpc) is 2.85. The van der Waals surface area contributed by atoms with Crippen molar-refractivity contribution in [2.75, 3.05) is 6.54 Å². The summed E-state index contributed by atoms with van der Waals surface area (Å²) in [5.41, 5.74) is 0.833. The number of fused-ring (bicyclic) bond motifs is 3. The Kier molecular flexibility index (Phi) is 3.01. The lowest BCUT2D eigenvalue weighted by molar-refractivity contribution is -0.742. The van der Waals surface area contributed by atoms with E-state index in [2.05, 4.69) is 17.1 Å². The van der Waals surface area contributed by atoms with Crippen LogP contribution in [0.2, 0.25) is 0 Å². The number of hydrogen-bond acceptors (Lipinski definition) is 5. The molecule has 2 bridgehead atoms. The van der Waals surface area contributed by atoms with Crippen molar-refractivity contribution in [2.45, 2.75) is 43.4 Å². The van der Waals surface area contributed by atoms with Crippen molar-refractivity contribution < 1.29 is 19.8 Å². The minimum absolute atomic E-state index is 0.146. The molecule has 108 valence electrons. The van der Waals surface area contributed by atoms with Gasteiger partial charge in [-0.05, 0) is 19.4 Å². The summed E-state index contributed by atoms with van der Waals surface area (Å²) in [6.45, 7) is 1.16. The Morgan fingerprint density at radius 3 is 3.00 bits per heavy atom. The van der Waals surface area contributed by atoms with Gasteiger partial charge in [-0.3, -0.25) is 4.90 Å². The molecular formula is C13H16N2O5. The Morgan fingerprint density at radius 1 is 1.50 bits per heavy atom. The molecule has 1 spiro atoms. The zero-order valence-corrected chi connectivity index (χ0v) is 10.9. The molecule has 1 aliphatic carbocycles. The Hall–Kier alpha value is -1.89. The molecule has 0 aromatic heterocycles. The molecule has 0 aromatic rings. The van der Waals surface area contributed by atoms with Crippen LogP contribution in [-0.2, 0) is 9.53 Å². The monoisotopic (exact) mass is 280 g/mol. The van der Waals surface area contributed by atoms with Crippen LogP contribution >= 0.6 is 0 Å². The first kappa shape index (κ1) is 13.1. The Labute approximate surface area is 115 Å². The molecule has 3 heterocycles. The SMILES string of the molecule is O=C1C=C2C=CC3CC2(O1)C1CCCCN31.O=[N+]([O-])O. The maximum Gasteiger partial charge on any atom is 0.332 e. The van der Waals surface area contributed by atoms with E-state index in [-0.39, 0.29) is 11.6 Å². The Bertz CT molecular complexity index is 511. The zero-order chi connectivity index (χ0) is 14.3. The molecule has 3 atom stereocenters. The van der Waals surface area contributed by atoms with E-state index < -0.39 is 5.09 Å². The molecule has 0 aromatic carbocycles. The van der Waals surface area contributed by atoms with Crippen LogP contribution in [-0.4, -0.2) is 45.4 Å². The van der Waals surface area contributed by atoms with Gasteiger partial charge in [0.25, 0.3) is 5.09 Å². The van der Waals surface area contributed by atoms with Crippen molar-refractivity contribution in [1.82, 2.24) is 4.90 Å². The maximum absolute atomic E-state index is 11.5. The second-order valence-electron chi connectivity index (χ2n) is 5.53. The first-order chi connectivity index (χ1) is 9.53. The van der Waals surface area contributed by atoms with Crippen LogP contribution in [0, 0.1) is 10.1 Å². The molecule has 0 amide bonds. The number of esters is 1. The Balaban J connectivity index is 0.000000272. The van der Waals surface area contributed by atoms with Gasteiger partial charge >= 0.3 is 5.97 Å². The van der Waals surface area contributed by atoms with E-state index in [9.17, 15) is 4.79 Å². The van der Waals surface area contributed by atoms with Crippen LogP contribution in [0.4, 0.5) is 0 Å². The molecule has 3 aliphatic heterocycles. The van der Waals surface area contributed by atoms with Gasteiger partial charge in [0, 0.05) is 24.1 Å². The number of rotatable bonds is 0. The maximum atomic E-state index is 11.5. The van der Waals surface area contributed by atoms with E-state index in [1.54, 1.807) is 6.08 Å². The number of piperidine rings is 1. The third-order valence-electron chi connectivity index (χ3n) is 4.56. The molecule has 4 rings (SSSR count). The summed E-state index contributed by atoms with van der Waals surface area (Å²) in [5.74, 6) is -0.146. The van der Waals surface area contributed by atoms with Crippen LogP contribution in [0.1, 0.15) is 25.7 Å². The van der Waals surface area contributed by atoms with Gasteiger partial charge in [-0.1, -0.05) is 18.6 Å². The van der Waals surface area contributed by atoms with Crippen molar-refractivity contribution in [3.05, 3.63) is 33.9 Å². The van der Waals surface area contributed by atoms with Gasteiger partial charge in [-0.15, -0.1) is 10.1 Å². The Morgan fingerprint density at radius 2 is 2.25 bits per heavy atom. The molecule has 7 heteroatoms.